The second-order valence-corrected chi connectivity index (χ2v) is 3.90. The van der Waals surface area contributed by atoms with Crippen molar-refractivity contribution < 1.29 is 14.6 Å². The molecule has 0 saturated carbocycles. The number of ether oxygens (including phenoxy) is 1. The van der Waals surface area contributed by atoms with Gasteiger partial charge in [0.05, 0.1) is 11.6 Å². The average Bonchev–Trinajstić information content (AvgIpc) is 2.27. The van der Waals surface area contributed by atoms with Crippen molar-refractivity contribution >= 4 is 17.5 Å². The third-order valence-electron chi connectivity index (χ3n) is 1.95. The minimum absolute atomic E-state index is 0.0309. The van der Waals surface area contributed by atoms with Crippen molar-refractivity contribution in [2.75, 3.05) is 19.7 Å². The molecule has 4 N–H and O–H groups in total. The van der Waals surface area contributed by atoms with E-state index in [2.05, 4.69) is 5.32 Å². The molecule has 6 heteroatoms. The number of nitrogens with two attached hydrogens (primary N) is 1. The van der Waals surface area contributed by atoms with Gasteiger partial charge in [-0.1, -0.05) is 23.7 Å². The lowest BCUT2D eigenvalue weighted by Crippen LogP contribution is -2.36. The van der Waals surface area contributed by atoms with E-state index >= 15 is 0 Å². The Bertz CT molecular complexity index is 373. The molecule has 17 heavy (non-hydrogen) atoms. The van der Waals surface area contributed by atoms with Gasteiger partial charge in [-0.3, -0.25) is 4.79 Å². The van der Waals surface area contributed by atoms with Crippen molar-refractivity contribution in [3.05, 3.63) is 29.3 Å². The Hall–Kier alpha value is -1.30. The summed E-state index contributed by atoms with van der Waals surface area (Å²) in [6, 6.07) is 7.00. The van der Waals surface area contributed by atoms with E-state index in [0.29, 0.717) is 10.8 Å². The molecular weight excluding hydrogens is 244 g/mol. The number of halogens is 1. The maximum absolute atomic E-state index is 10.4. The first-order valence-electron chi connectivity index (χ1n) is 5.14. The minimum atomic E-state index is -0.731. The molecule has 0 fully saturated rings. The predicted octanol–water partition coefficient (Wildman–Crippen LogP) is 0.155. The molecular formula is C11H15ClN2O3. The molecule has 1 rings (SSSR count). The molecule has 0 aliphatic carbocycles. The van der Waals surface area contributed by atoms with Crippen molar-refractivity contribution in [2.24, 2.45) is 5.73 Å². The maximum Gasteiger partial charge on any atom is 0.231 e. The molecule has 1 aromatic rings. The fraction of sp³-hybridized carbons (Fsp3) is 0.364. The molecule has 0 aromatic heterocycles. The van der Waals surface area contributed by atoms with Crippen molar-refractivity contribution in [1.82, 2.24) is 5.32 Å². The minimum Gasteiger partial charge on any atom is -0.489 e. The van der Waals surface area contributed by atoms with Crippen LogP contribution < -0.4 is 15.8 Å². The van der Waals surface area contributed by atoms with Gasteiger partial charge in [0.25, 0.3) is 0 Å². The van der Waals surface area contributed by atoms with Gasteiger partial charge in [0.1, 0.15) is 18.5 Å². The summed E-state index contributed by atoms with van der Waals surface area (Å²) < 4.78 is 5.32. The molecule has 0 aliphatic rings. The van der Waals surface area contributed by atoms with E-state index in [4.69, 9.17) is 22.1 Å². The zero-order valence-corrected chi connectivity index (χ0v) is 9.98. The Kier molecular flexibility index (Phi) is 5.76. The molecule has 1 amide bonds. The number of carbonyl (C=O) groups excluding carboxylic acids is 1. The normalized spacial score (nSPS) is 12.1. The van der Waals surface area contributed by atoms with Gasteiger partial charge < -0.3 is 20.9 Å². The molecule has 5 nitrogen and oxygen atoms in total. The van der Waals surface area contributed by atoms with Crippen molar-refractivity contribution in [3.8, 4) is 5.75 Å². The second kappa shape index (κ2) is 7.11. The lowest BCUT2D eigenvalue weighted by Gasteiger charge is -2.13. The molecule has 1 aromatic carbocycles. The van der Waals surface area contributed by atoms with Crippen LogP contribution in [0, 0.1) is 0 Å². The van der Waals surface area contributed by atoms with Crippen LogP contribution in [0.3, 0.4) is 0 Å². The molecule has 0 radical (unpaired) electrons. The Labute approximate surface area is 105 Å². The van der Waals surface area contributed by atoms with Crippen LogP contribution in [0.15, 0.2) is 24.3 Å². The zero-order valence-electron chi connectivity index (χ0n) is 9.23. The van der Waals surface area contributed by atoms with Gasteiger partial charge in [-0.05, 0) is 12.1 Å². The van der Waals surface area contributed by atoms with Crippen LogP contribution in [-0.4, -0.2) is 36.8 Å². The van der Waals surface area contributed by atoms with E-state index in [9.17, 15) is 9.90 Å². The first-order valence-corrected chi connectivity index (χ1v) is 5.52. The summed E-state index contributed by atoms with van der Waals surface area (Å²) in [6.45, 7) is 0.353. The third-order valence-corrected chi connectivity index (χ3v) is 2.26. The summed E-state index contributed by atoms with van der Waals surface area (Å²) in [5.41, 5.74) is 4.93. The number of aliphatic hydroxyl groups is 1. The van der Waals surface area contributed by atoms with Crippen LogP contribution in [0.4, 0.5) is 0 Å². The molecule has 1 atom stereocenters. The Morgan fingerprint density at radius 1 is 1.53 bits per heavy atom. The van der Waals surface area contributed by atoms with Gasteiger partial charge in [0.2, 0.25) is 5.91 Å². The number of aliphatic hydroxyl groups excluding tert-OH is 1. The number of hydrogen-bond acceptors (Lipinski definition) is 4. The summed E-state index contributed by atoms with van der Waals surface area (Å²) in [7, 11) is 0. The van der Waals surface area contributed by atoms with Gasteiger partial charge in [-0.25, -0.2) is 0 Å². The van der Waals surface area contributed by atoms with Gasteiger partial charge in [0.15, 0.2) is 0 Å². The fourth-order valence-electron chi connectivity index (χ4n) is 1.17. The molecule has 0 aliphatic heterocycles. The van der Waals surface area contributed by atoms with Crippen LogP contribution >= 0.6 is 11.6 Å². The number of amides is 1. The Morgan fingerprint density at radius 2 is 2.24 bits per heavy atom. The lowest BCUT2D eigenvalue weighted by atomic mass is 10.3. The van der Waals surface area contributed by atoms with Gasteiger partial charge in [-0.15, -0.1) is 0 Å². The molecule has 0 saturated heterocycles. The number of para-hydroxylation sites is 1. The zero-order chi connectivity index (χ0) is 12.7. The van der Waals surface area contributed by atoms with Crippen molar-refractivity contribution in [3.63, 3.8) is 0 Å². The number of nitrogens with one attached hydrogen (secondary N) is 1. The van der Waals surface area contributed by atoms with Crippen LogP contribution in [-0.2, 0) is 4.79 Å². The quantitative estimate of drug-likeness (QED) is 0.650. The first-order chi connectivity index (χ1) is 8.09. The van der Waals surface area contributed by atoms with E-state index in [1.54, 1.807) is 24.3 Å². The summed E-state index contributed by atoms with van der Waals surface area (Å²) >= 11 is 5.87. The number of hydrogen-bond donors (Lipinski definition) is 3. The number of primary amides is 1. The predicted molar refractivity (Wildman–Crippen MR) is 65.0 cm³/mol. The smallest absolute Gasteiger partial charge is 0.231 e. The highest BCUT2D eigenvalue weighted by Gasteiger charge is 2.07. The molecule has 0 spiro atoms. The van der Waals surface area contributed by atoms with Gasteiger partial charge >= 0.3 is 0 Å². The molecule has 0 bridgehead atoms. The SMILES string of the molecule is NC(=O)CNCC(O)COc1ccccc1Cl. The highest BCUT2D eigenvalue weighted by molar-refractivity contribution is 6.32. The van der Waals surface area contributed by atoms with Crippen LogP contribution in [0.5, 0.6) is 5.75 Å². The third kappa shape index (κ3) is 5.53. The Balaban J connectivity index is 2.26. The van der Waals surface area contributed by atoms with Gasteiger partial charge in [-0.2, -0.15) is 0 Å². The monoisotopic (exact) mass is 258 g/mol. The summed E-state index contributed by atoms with van der Waals surface area (Å²) in [4.78, 5) is 10.4. The van der Waals surface area contributed by atoms with E-state index < -0.39 is 12.0 Å². The van der Waals surface area contributed by atoms with Crippen molar-refractivity contribution in [2.45, 2.75) is 6.10 Å². The van der Waals surface area contributed by atoms with Crippen LogP contribution in [0.1, 0.15) is 0 Å². The molecule has 1 unspecified atom stereocenters. The fourth-order valence-corrected chi connectivity index (χ4v) is 1.36. The van der Waals surface area contributed by atoms with Crippen molar-refractivity contribution in [1.29, 1.82) is 0 Å². The number of carbonyl (C=O) groups is 1. The lowest BCUT2D eigenvalue weighted by molar-refractivity contribution is -0.117. The number of benzene rings is 1. The highest BCUT2D eigenvalue weighted by Crippen LogP contribution is 2.22. The standard InChI is InChI=1S/C11H15ClN2O3/c12-9-3-1-2-4-10(9)17-7-8(15)5-14-6-11(13)16/h1-4,8,14-15H,5-7H2,(H2,13,16). The van der Waals surface area contributed by atoms with Crippen LogP contribution in [0.2, 0.25) is 5.02 Å². The van der Waals surface area contributed by atoms with Gasteiger partial charge in [0, 0.05) is 6.54 Å². The molecule has 0 heterocycles. The second-order valence-electron chi connectivity index (χ2n) is 3.49. The first kappa shape index (κ1) is 13.8. The summed E-state index contributed by atoms with van der Waals surface area (Å²) in [6.07, 6.45) is -0.731. The number of rotatable bonds is 7. The van der Waals surface area contributed by atoms with E-state index in [0.717, 1.165) is 0 Å². The summed E-state index contributed by atoms with van der Waals surface area (Å²) in [5.74, 6) is 0.0485. The van der Waals surface area contributed by atoms with Crippen LogP contribution in [0.25, 0.3) is 0 Å². The maximum atomic E-state index is 10.4. The Morgan fingerprint density at radius 3 is 2.88 bits per heavy atom. The topological polar surface area (TPSA) is 84.6 Å². The highest BCUT2D eigenvalue weighted by atomic mass is 35.5. The van der Waals surface area contributed by atoms with E-state index in [1.165, 1.54) is 0 Å². The average molecular weight is 259 g/mol. The largest absolute Gasteiger partial charge is 0.489 e. The van der Waals surface area contributed by atoms with E-state index in [1.807, 2.05) is 0 Å². The molecule has 94 valence electrons. The summed E-state index contributed by atoms with van der Waals surface area (Å²) in [5, 5.41) is 12.7. The van der Waals surface area contributed by atoms with E-state index in [-0.39, 0.29) is 19.7 Å².